The van der Waals surface area contributed by atoms with Crippen molar-refractivity contribution in [3.63, 3.8) is 0 Å². The molecular formula is C6H12FI. The monoisotopic (exact) mass is 230 g/mol. The minimum absolute atomic E-state index is 0.220. The molecule has 0 aliphatic carbocycles. The van der Waals surface area contributed by atoms with Crippen LogP contribution in [-0.4, -0.2) is 10.1 Å². The molecule has 8 heavy (non-hydrogen) atoms. The van der Waals surface area contributed by atoms with E-state index in [1.165, 1.54) is 0 Å². The third-order valence-electron chi connectivity index (χ3n) is 1.17. The molecular weight excluding hydrogens is 218 g/mol. The predicted octanol–water partition coefficient (Wildman–Crippen LogP) is 2.95. The second-order valence-corrected chi connectivity index (χ2v) is 3.45. The summed E-state index contributed by atoms with van der Waals surface area (Å²) in [7, 11) is 0. The van der Waals surface area contributed by atoms with Crippen molar-refractivity contribution in [3.8, 4) is 0 Å². The molecule has 0 nitrogen and oxygen atoms in total. The van der Waals surface area contributed by atoms with E-state index in [2.05, 4.69) is 22.6 Å². The predicted molar refractivity (Wildman–Crippen MR) is 43.3 cm³/mol. The Morgan fingerprint density at radius 1 is 1.38 bits per heavy atom. The number of hydrogen-bond donors (Lipinski definition) is 0. The van der Waals surface area contributed by atoms with E-state index in [9.17, 15) is 4.39 Å². The first-order valence-electron chi connectivity index (χ1n) is 3.00. The van der Waals surface area contributed by atoms with Crippen LogP contribution in [0.5, 0.6) is 0 Å². The van der Waals surface area contributed by atoms with E-state index >= 15 is 0 Å². The number of alkyl halides is 2. The quantitative estimate of drug-likeness (QED) is 0.516. The molecule has 0 spiro atoms. The molecule has 0 saturated carbocycles. The highest BCUT2D eigenvalue weighted by molar-refractivity contribution is 14.1. The smallest absolute Gasteiger partial charge is 0.112 e. The molecule has 0 aromatic heterocycles. The largest absolute Gasteiger partial charge is 0.246 e. The van der Waals surface area contributed by atoms with E-state index in [0.717, 1.165) is 6.42 Å². The second kappa shape index (κ2) is 4.53. The second-order valence-electron chi connectivity index (χ2n) is 1.85. The zero-order chi connectivity index (χ0) is 6.57. The summed E-state index contributed by atoms with van der Waals surface area (Å²) in [4.78, 5) is 0. The lowest BCUT2D eigenvalue weighted by molar-refractivity contribution is 0.319. The summed E-state index contributed by atoms with van der Waals surface area (Å²) in [6.07, 6.45) is 0.998. The van der Waals surface area contributed by atoms with Gasteiger partial charge in [-0.2, -0.15) is 0 Å². The van der Waals surface area contributed by atoms with Gasteiger partial charge in [-0.1, -0.05) is 36.4 Å². The normalized spacial score (nSPS) is 18.0. The van der Waals surface area contributed by atoms with Crippen molar-refractivity contribution in [2.45, 2.75) is 36.8 Å². The first-order valence-corrected chi connectivity index (χ1v) is 4.25. The van der Waals surface area contributed by atoms with Gasteiger partial charge in [-0.25, -0.2) is 4.39 Å². The van der Waals surface area contributed by atoms with Crippen LogP contribution in [0, 0.1) is 0 Å². The summed E-state index contributed by atoms with van der Waals surface area (Å²) in [5, 5.41) is 0. The lowest BCUT2D eigenvalue weighted by Gasteiger charge is -2.08. The molecule has 0 heterocycles. The maximum absolute atomic E-state index is 12.5. The van der Waals surface area contributed by atoms with Gasteiger partial charge in [0.05, 0.1) is 0 Å². The minimum Gasteiger partial charge on any atom is -0.246 e. The average Bonchev–Trinajstić information content (AvgIpc) is 1.84. The molecule has 0 saturated heterocycles. The lowest BCUT2D eigenvalue weighted by atomic mass is 10.2. The van der Waals surface area contributed by atoms with E-state index in [-0.39, 0.29) is 3.92 Å². The van der Waals surface area contributed by atoms with Gasteiger partial charge in [-0.05, 0) is 12.8 Å². The molecule has 0 rings (SSSR count). The fourth-order valence-corrected chi connectivity index (χ4v) is 1.02. The highest BCUT2D eigenvalue weighted by Crippen LogP contribution is 2.15. The van der Waals surface area contributed by atoms with Crippen molar-refractivity contribution in [1.29, 1.82) is 0 Å². The molecule has 0 aliphatic heterocycles. The summed E-state index contributed by atoms with van der Waals surface area (Å²) in [5.74, 6) is 0. The highest BCUT2D eigenvalue weighted by Gasteiger charge is 2.11. The standard InChI is InChI=1S/C6H12FI/c1-3-5(7)6(8)4-2/h5-6H,3-4H2,1-2H3. The van der Waals surface area contributed by atoms with Crippen LogP contribution in [0.25, 0.3) is 0 Å². The third-order valence-corrected chi connectivity index (χ3v) is 2.83. The highest BCUT2D eigenvalue weighted by atomic mass is 127. The Morgan fingerprint density at radius 2 is 1.88 bits per heavy atom. The van der Waals surface area contributed by atoms with Gasteiger partial charge in [0.25, 0.3) is 0 Å². The fraction of sp³-hybridized carbons (Fsp3) is 1.00. The Bertz CT molecular complexity index is 48.5. The topological polar surface area (TPSA) is 0 Å². The van der Waals surface area contributed by atoms with Gasteiger partial charge < -0.3 is 0 Å². The van der Waals surface area contributed by atoms with Crippen molar-refractivity contribution < 1.29 is 4.39 Å². The van der Waals surface area contributed by atoms with E-state index in [4.69, 9.17) is 0 Å². The maximum atomic E-state index is 12.5. The minimum atomic E-state index is -0.597. The number of rotatable bonds is 3. The van der Waals surface area contributed by atoms with Crippen molar-refractivity contribution >= 4 is 22.6 Å². The molecule has 50 valence electrons. The van der Waals surface area contributed by atoms with Crippen LogP contribution in [0.3, 0.4) is 0 Å². The summed E-state index contributed by atoms with van der Waals surface area (Å²) in [6, 6.07) is 0. The maximum Gasteiger partial charge on any atom is 0.112 e. The van der Waals surface area contributed by atoms with Gasteiger partial charge >= 0.3 is 0 Å². The van der Waals surface area contributed by atoms with Gasteiger partial charge in [0.1, 0.15) is 6.17 Å². The average molecular weight is 230 g/mol. The van der Waals surface area contributed by atoms with Crippen LogP contribution in [0.1, 0.15) is 26.7 Å². The zero-order valence-corrected chi connectivity index (χ0v) is 7.48. The SMILES string of the molecule is CCC(F)C(I)CC. The summed E-state index contributed by atoms with van der Waals surface area (Å²) >= 11 is 2.16. The molecule has 2 unspecified atom stereocenters. The van der Waals surface area contributed by atoms with Crippen molar-refractivity contribution in [3.05, 3.63) is 0 Å². The molecule has 0 N–H and O–H groups in total. The molecule has 0 aromatic carbocycles. The molecule has 0 aliphatic rings. The zero-order valence-electron chi connectivity index (χ0n) is 5.32. The Hall–Kier alpha value is 0.660. The molecule has 0 bridgehead atoms. The van der Waals surface area contributed by atoms with Crippen LogP contribution in [-0.2, 0) is 0 Å². The van der Waals surface area contributed by atoms with Gasteiger partial charge in [0.2, 0.25) is 0 Å². The van der Waals surface area contributed by atoms with Gasteiger partial charge in [-0.15, -0.1) is 0 Å². The third kappa shape index (κ3) is 2.84. The lowest BCUT2D eigenvalue weighted by Crippen LogP contribution is -2.12. The summed E-state index contributed by atoms with van der Waals surface area (Å²) in [5.41, 5.74) is 0. The summed E-state index contributed by atoms with van der Waals surface area (Å²) in [6.45, 7) is 3.89. The van der Waals surface area contributed by atoms with E-state index in [1.54, 1.807) is 0 Å². The van der Waals surface area contributed by atoms with Gasteiger partial charge in [0, 0.05) is 3.92 Å². The van der Waals surface area contributed by atoms with E-state index < -0.39 is 6.17 Å². The van der Waals surface area contributed by atoms with Crippen LogP contribution in [0.2, 0.25) is 0 Å². The van der Waals surface area contributed by atoms with E-state index in [1.807, 2.05) is 13.8 Å². The van der Waals surface area contributed by atoms with Crippen molar-refractivity contribution in [1.82, 2.24) is 0 Å². The fourth-order valence-electron chi connectivity index (χ4n) is 0.512. The Morgan fingerprint density at radius 3 is 2.00 bits per heavy atom. The summed E-state index contributed by atoms with van der Waals surface area (Å²) < 4.78 is 12.7. The molecule has 0 fully saturated rings. The van der Waals surface area contributed by atoms with Crippen LogP contribution >= 0.6 is 22.6 Å². The first kappa shape index (κ1) is 8.66. The molecule has 0 aromatic rings. The Kier molecular flexibility index (Phi) is 4.90. The van der Waals surface area contributed by atoms with Gasteiger partial charge in [0.15, 0.2) is 0 Å². The van der Waals surface area contributed by atoms with Crippen LogP contribution in [0.4, 0.5) is 4.39 Å². The molecule has 2 atom stereocenters. The van der Waals surface area contributed by atoms with Gasteiger partial charge in [-0.3, -0.25) is 0 Å². The van der Waals surface area contributed by atoms with Crippen LogP contribution < -0.4 is 0 Å². The first-order chi connectivity index (χ1) is 3.72. The van der Waals surface area contributed by atoms with Crippen LogP contribution in [0.15, 0.2) is 0 Å². The van der Waals surface area contributed by atoms with Crippen molar-refractivity contribution in [2.75, 3.05) is 0 Å². The Labute approximate surface area is 64.0 Å². The molecule has 0 radical (unpaired) electrons. The molecule has 0 amide bonds. The number of halogens is 2. The molecule has 2 heteroatoms. The van der Waals surface area contributed by atoms with Crippen molar-refractivity contribution in [2.24, 2.45) is 0 Å². The number of hydrogen-bond acceptors (Lipinski definition) is 0. The van der Waals surface area contributed by atoms with E-state index in [0.29, 0.717) is 6.42 Å². The Balaban J connectivity index is 3.29.